The predicted molar refractivity (Wildman–Crippen MR) is 84.2 cm³/mol. The van der Waals surface area contributed by atoms with Crippen LogP contribution >= 0.6 is 27.7 Å². The number of nitrogens with zero attached hydrogens (tertiary/aromatic N) is 1. The van der Waals surface area contributed by atoms with E-state index in [1.807, 2.05) is 0 Å². The van der Waals surface area contributed by atoms with E-state index in [0.29, 0.717) is 15.5 Å². The molecule has 23 heavy (non-hydrogen) atoms. The van der Waals surface area contributed by atoms with Crippen LogP contribution < -0.4 is 0 Å². The molecule has 0 fully saturated rings. The number of aliphatic carboxylic acids is 1. The van der Waals surface area contributed by atoms with E-state index in [1.54, 1.807) is 18.2 Å². The van der Waals surface area contributed by atoms with Crippen molar-refractivity contribution in [3.8, 4) is 0 Å². The van der Waals surface area contributed by atoms with E-state index in [-0.39, 0.29) is 0 Å². The van der Waals surface area contributed by atoms with Crippen molar-refractivity contribution in [2.75, 3.05) is 0 Å². The van der Waals surface area contributed by atoms with Gasteiger partial charge >= 0.3 is 12.1 Å². The van der Waals surface area contributed by atoms with Gasteiger partial charge in [0.25, 0.3) is 0 Å². The van der Waals surface area contributed by atoms with Crippen molar-refractivity contribution < 1.29 is 23.1 Å². The molecule has 0 atom stereocenters. The molecule has 1 aromatic heterocycles. The lowest BCUT2D eigenvalue weighted by Gasteiger charge is -2.08. The summed E-state index contributed by atoms with van der Waals surface area (Å²) < 4.78 is 38.3. The Morgan fingerprint density at radius 1 is 1.26 bits per heavy atom. The highest BCUT2D eigenvalue weighted by Gasteiger charge is 2.30. The molecule has 8 heteroatoms. The van der Waals surface area contributed by atoms with E-state index in [4.69, 9.17) is 5.11 Å². The molecule has 1 heterocycles. The lowest BCUT2D eigenvalue weighted by Crippen LogP contribution is -2.05. The van der Waals surface area contributed by atoms with E-state index in [0.717, 1.165) is 34.6 Å². The molecule has 2 aromatic rings. The smallest absolute Gasteiger partial charge is 0.417 e. The first-order chi connectivity index (χ1) is 10.8. The molecule has 1 N–H and O–H groups in total. The van der Waals surface area contributed by atoms with Crippen LogP contribution in [0.25, 0.3) is 6.08 Å². The van der Waals surface area contributed by atoms with Crippen LogP contribution in [0, 0.1) is 0 Å². The second-order valence-electron chi connectivity index (χ2n) is 4.34. The summed E-state index contributed by atoms with van der Waals surface area (Å²) in [5, 5.41) is 9.09. The maximum atomic E-state index is 12.5. The first kappa shape index (κ1) is 17.6. The summed E-state index contributed by atoms with van der Waals surface area (Å²) in [5.74, 6) is -1.09. The van der Waals surface area contributed by atoms with E-state index >= 15 is 0 Å². The molecule has 0 aliphatic carbocycles. The first-order valence-corrected chi connectivity index (χ1v) is 7.78. The van der Waals surface area contributed by atoms with Crippen molar-refractivity contribution in [2.45, 2.75) is 16.1 Å². The minimum absolute atomic E-state index is 0.380. The molecule has 3 nitrogen and oxygen atoms in total. The number of hydrogen-bond donors (Lipinski definition) is 1. The van der Waals surface area contributed by atoms with Gasteiger partial charge in [-0.2, -0.15) is 13.2 Å². The molecule has 2 rings (SSSR count). The minimum Gasteiger partial charge on any atom is -0.478 e. The van der Waals surface area contributed by atoms with Crippen molar-refractivity contribution in [1.29, 1.82) is 0 Å². The molecule has 0 saturated heterocycles. The molecule has 1 aromatic carbocycles. The van der Waals surface area contributed by atoms with E-state index < -0.39 is 17.7 Å². The second-order valence-corrected chi connectivity index (χ2v) is 6.32. The van der Waals surface area contributed by atoms with Crippen molar-refractivity contribution in [1.82, 2.24) is 4.98 Å². The Morgan fingerprint density at radius 3 is 2.57 bits per heavy atom. The number of rotatable bonds is 4. The first-order valence-electron chi connectivity index (χ1n) is 6.17. The average Bonchev–Trinajstić information content (AvgIpc) is 2.47. The molecule has 0 saturated carbocycles. The van der Waals surface area contributed by atoms with Crippen molar-refractivity contribution in [2.24, 2.45) is 0 Å². The predicted octanol–water partition coefficient (Wildman–Crippen LogP) is 5.11. The quantitative estimate of drug-likeness (QED) is 0.720. The summed E-state index contributed by atoms with van der Waals surface area (Å²) in [6.45, 7) is 0. The van der Waals surface area contributed by atoms with Gasteiger partial charge in [0, 0.05) is 21.6 Å². The fourth-order valence-electron chi connectivity index (χ4n) is 1.62. The molecule has 120 valence electrons. The summed E-state index contributed by atoms with van der Waals surface area (Å²) in [5.41, 5.74) is -0.197. The Kier molecular flexibility index (Phi) is 5.48. The number of benzene rings is 1. The van der Waals surface area contributed by atoms with E-state index in [9.17, 15) is 18.0 Å². The fraction of sp³-hybridized carbons (Fsp3) is 0.0667. The highest BCUT2D eigenvalue weighted by Crippen LogP contribution is 2.34. The SMILES string of the molecule is O=C(O)C=Cc1cc(Br)ccc1Sc1ccc(C(F)(F)F)cn1. The Balaban J connectivity index is 2.27. The summed E-state index contributed by atoms with van der Waals surface area (Å²) in [6, 6.07) is 7.44. The number of carbonyl (C=O) groups is 1. The Hall–Kier alpha value is -1.80. The van der Waals surface area contributed by atoms with Gasteiger partial charge in [-0.15, -0.1) is 0 Å². The number of carboxylic acids is 1. The third-order valence-electron chi connectivity index (χ3n) is 2.66. The lowest BCUT2D eigenvalue weighted by atomic mass is 10.2. The summed E-state index contributed by atoms with van der Waals surface area (Å²) in [6.07, 6.45) is -1.25. The van der Waals surface area contributed by atoms with Crippen molar-refractivity contribution in [3.63, 3.8) is 0 Å². The highest BCUT2D eigenvalue weighted by molar-refractivity contribution is 9.10. The summed E-state index contributed by atoms with van der Waals surface area (Å²) >= 11 is 4.44. The zero-order chi connectivity index (χ0) is 17.0. The van der Waals surface area contributed by atoms with Gasteiger partial charge in [0.2, 0.25) is 0 Å². The van der Waals surface area contributed by atoms with E-state index in [2.05, 4.69) is 20.9 Å². The third-order valence-corrected chi connectivity index (χ3v) is 4.19. The number of alkyl halides is 3. The largest absolute Gasteiger partial charge is 0.478 e. The highest BCUT2D eigenvalue weighted by atomic mass is 79.9. The molecular formula is C15H9BrF3NO2S. The summed E-state index contributed by atoms with van der Waals surface area (Å²) in [7, 11) is 0. The van der Waals surface area contributed by atoms with Gasteiger partial charge in [0.05, 0.1) is 5.56 Å². The maximum Gasteiger partial charge on any atom is 0.417 e. The molecular weight excluding hydrogens is 395 g/mol. The normalized spacial score (nSPS) is 11.8. The fourth-order valence-corrected chi connectivity index (χ4v) is 2.85. The molecule has 0 spiro atoms. The van der Waals surface area contributed by atoms with Crippen LogP contribution in [0.3, 0.4) is 0 Å². The number of halogens is 4. The standard InChI is InChI=1S/C15H9BrF3NO2S/c16-11-3-4-12(9(7-11)1-6-14(21)22)23-13-5-2-10(8-20-13)15(17,18)19/h1-8H,(H,21,22). The number of pyridine rings is 1. The number of carboxylic acid groups (broad SMARTS) is 1. The van der Waals surface area contributed by atoms with Crippen LogP contribution in [0.4, 0.5) is 13.2 Å². The Labute approximate surface area is 142 Å². The average molecular weight is 404 g/mol. The lowest BCUT2D eigenvalue weighted by molar-refractivity contribution is -0.138. The maximum absolute atomic E-state index is 12.5. The van der Waals surface area contributed by atoms with Crippen LogP contribution in [0.5, 0.6) is 0 Å². The molecule has 0 unspecified atom stereocenters. The van der Waals surface area contributed by atoms with Crippen LogP contribution in [-0.2, 0) is 11.0 Å². The van der Waals surface area contributed by atoms with Gasteiger partial charge in [-0.3, -0.25) is 0 Å². The zero-order valence-corrected chi connectivity index (χ0v) is 13.7. The monoisotopic (exact) mass is 403 g/mol. The third kappa shape index (κ3) is 5.11. The number of aromatic nitrogens is 1. The van der Waals surface area contributed by atoms with E-state index in [1.165, 1.54) is 12.1 Å². The number of hydrogen-bond acceptors (Lipinski definition) is 3. The molecule has 0 amide bonds. The zero-order valence-electron chi connectivity index (χ0n) is 11.3. The van der Waals surface area contributed by atoms with Gasteiger partial charge in [0.1, 0.15) is 5.03 Å². The topological polar surface area (TPSA) is 50.2 Å². The molecule has 0 bridgehead atoms. The molecule has 0 radical (unpaired) electrons. The van der Waals surface area contributed by atoms with Gasteiger partial charge in [-0.25, -0.2) is 9.78 Å². The Morgan fingerprint density at radius 2 is 2.00 bits per heavy atom. The van der Waals surface area contributed by atoms with Crippen molar-refractivity contribution in [3.05, 3.63) is 58.2 Å². The van der Waals surface area contributed by atoms with Gasteiger partial charge in [-0.1, -0.05) is 27.7 Å². The molecule has 0 aliphatic rings. The van der Waals surface area contributed by atoms with Gasteiger partial charge in [0.15, 0.2) is 0 Å². The van der Waals surface area contributed by atoms with Crippen LogP contribution in [0.1, 0.15) is 11.1 Å². The van der Waals surface area contributed by atoms with Gasteiger partial charge < -0.3 is 5.11 Å². The van der Waals surface area contributed by atoms with Crippen LogP contribution in [-0.4, -0.2) is 16.1 Å². The summed E-state index contributed by atoms with van der Waals surface area (Å²) in [4.78, 5) is 15.1. The van der Waals surface area contributed by atoms with Crippen molar-refractivity contribution >= 4 is 39.7 Å². The van der Waals surface area contributed by atoms with Crippen LogP contribution in [0.2, 0.25) is 0 Å². The minimum atomic E-state index is -4.43. The molecule has 0 aliphatic heterocycles. The second kappa shape index (κ2) is 7.18. The van der Waals surface area contributed by atoms with Gasteiger partial charge in [-0.05, 0) is 42.0 Å². The Bertz CT molecular complexity index is 745. The van der Waals surface area contributed by atoms with Crippen LogP contribution in [0.15, 0.2) is 57.0 Å².